The summed E-state index contributed by atoms with van der Waals surface area (Å²) >= 11 is 11.9. The second kappa shape index (κ2) is 6.87. The number of hydrogen-bond acceptors (Lipinski definition) is 2. The number of nitrogens with one attached hydrogen (secondary N) is 2. The van der Waals surface area contributed by atoms with Gasteiger partial charge in [0.15, 0.2) is 0 Å². The highest BCUT2D eigenvalue weighted by Crippen LogP contribution is 2.20. The summed E-state index contributed by atoms with van der Waals surface area (Å²) in [5.74, 6) is 0.907. The smallest absolute Gasteiger partial charge is 0.120 e. The third-order valence-electron chi connectivity index (χ3n) is 2.18. The van der Waals surface area contributed by atoms with E-state index in [2.05, 4.69) is 15.3 Å². The minimum Gasteiger partial charge on any atom is -0.348 e. The Labute approximate surface area is 116 Å². The first-order chi connectivity index (χ1) is 7.75. The zero-order valence-electron chi connectivity index (χ0n) is 8.91. The zero-order chi connectivity index (χ0) is 11.4. The Bertz CT molecular complexity index is 457. The van der Waals surface area contributed by atoms with E-state index in [1.807, 2.05) is 12.1 Å². The summed E-state index contributed by atoms with van der Waals surface area (Å²) in [7, 11) is 0. The van der Waals surface area contributed by atoms with Crippen molar-refractivity contribution in [2.24, 2.45) is 0 Å². The van der Waals surface area contributed by atoms with Gasteiger partial charge in [-0.25, -0.2) is 4.98 Å². The Morgan fingerprint density at radius 1 is 1.24 bits per heavy atom. The molecule has 0 saturated carbocycles. The van der Waals surface area contributed by atoms with Crippen molar-refractivity contribution in [3.63, 3.8) is 0 Å². The van der Waals surface area contributed by atoms with Crippen molar-refractivity contribution < 1.29 is 0 Å². The fraction of sp³-hybridized carbons (Fsp3) is 0.182. The fourth-order valence-electron chi connectivity index (χ4n) is 1.38. The molecule has 0 aliphatic heterocycles. The number of aromatic amines is 1. The van der Waals surface area contributed by atoms with E-state index in [1.54, 1.807) is 18.5 Å². The Kier molecular flexibility index (Phi) is 5.78. The Balaban J connectivity index is 0.00000144. The topological polar surface area (TPSA) is 40.7 Å². The van der Waals surface area contributed by atoms with Crippen molar-refractivity contribution in [3.8, 4) is 0 Å². The molecule has 2 N–H and O–H groups in total. The van der Waals surface area contributed by atoms with Crippen molar-refractivity contribution in [2.75, 3.05) is 0 Å². The SMILES string of the molecule is Cl.Clc1ccc(CNCc2ncc[nH]2)c(Cl)c1. The summed E-state index contributed by atoms with van der Waals surface area (Å²) in [5.41, 5.74) is 1.03. The number of hydrogen-bond donors (Lipinski definition) is 2. The minimum atomic E-state index is 0. The van der Waals surface area contributed by atoms with Crippen LogP contribution in [0, 0.1) is 0 Å². The van der Waals surface area contributed by atoms with Gasteiger partial charge >= 0.3 is 0 Å². The molecule has 17 heavy (non-hydrogen) atoms. The molecule has 0 radical (unpaired) electrons. The van der Waals surface area contributed by atoms with Crippen LogP contribution in [0.5, 0.6) is 0 Å². The van der Waals surface area contributed by atoms with Crippen LogP contribution in [0.1, 0.15) is 11.4 Å². The third kappa shape index (κ3) is 4.21. The summed E-state index contributed by atoms with van der Waals surface area (Å²) < 4.78 is 0. The molecule has 1 aromatic carbocycles. The fourth-order valence-corrected chi connectivity index (χ4v) is 1.85. The monoisotopic (exact) mass is 291 g/mol. The molecule has 1 aromatic heterocycles. The summed E-state index contributed by atoms with van der Waals surface area (Å²) in [6, 6.07) is 5.49. The molecule has 0 aliphatic carbocycles. The van der Waals surface area contributed by atoms with E-state index in [-0.39, 0.29) is 12.4 Å². The highest BCUT2D eigenvalue weighted by Gasteiger charge is 2.01. The van der Waals surface area contributed by atoms with Gasteiger partial charge in [-0.1, -0.05) is 29.3 Å². The van der Waals surface area contributed by atoms with Gasteiger partial charge in [-0.2, -0.15) is 0 Å². The van der Waals surface area contributed by atoms with Gasteiger partial charge in [0.25, 0.3) is 0 Å². The second-order valence-corrected chi connectivity index (χ2v) is 4.22. The van der Waals surface area contributed by atoms with Crippen LogP contribution >= 0.6 is 35.6 Å². The van der Waals surface area contributed by atoms with Crippen molar-refractivity contribution in [3.05, 3.63) is 52.0 Å². The highest BCUT2D eigenvalue weighted by atomic mass is 35.5. The van der Waals surface area contributed by atoms with Gasteiger partial charge in [0.2, 0.25) is 0 Å². The lowest BCUT2D eigenvalue weighted by atomic mass is 10.2. The number of aromatic nitrogens is 2. The molecule has 2 rings (SSSR count). The molecule has 0 saturated heterocycles. The molecule has 0 aliphatic rings. The molecule has 0 fully saturated rings. The van der Waals surface area contributed by atoms with Crippen LogP contribution in [0.3, 0.4) is 0 Å². The van der Waals surface area contributed by atoms with Gasteiger partial charge < -0.3 is 10.3 Å². The summed E-state index contributed by atoms with van der Waals surface area (Å²) in [4.78, 5) is 7.13. The predicted octanol–water partition coefficient (Wildman–Crippen LogP) is 3.43. The molecule has 0 bridgehead atoms. The molecule has 2 aromatic rings. The molecular weight excluding hydrogens is 281 g/mol. The lowest BCUT2D eigenvalue weighted by Crippen LogP contribution is -2.13. The van der Waals surface area contributed by atoms with E-state index in [9.17, 15) is 0 Å². The number of H-pyrrole nitrogens is 1. The Hall–Kier alpha value is -0.740. The maximum atomic E-state index is 6.04. The molecule has 0 spiro atoms. The molecule has 3 nitrogen and oxygen atoms in total. The molecule has 0 amide bonds. The average Bonchev–Trinajstić information content (AvgIpc) is 2.74. The number of imidazole rings is 1. The molecule has 0 unspecified atom stereocenters. The van der Waals surface area contributed by atoms with Crippen molar-refractivity contribution in [1.29, 1.82) is 0 Å². The van der Waals surface area contributed by atoms with E-state index in [4.69, 9.17) is 23.2 Å². The van der Waals surface area contributed by atoms with Crippen LogP contribution < -0.4 is 5.32 Å². The van der Waals surface area contributed by atoms with Crippen LogP contribution in [0.25, 0.3) is 0 Å². The highest BCUT2D eigenvalue weighted by molar-refractivity contribution is 6.35. The molecule has 1 heterocycles. The zero-order valence-corrected chi connectivity index (χ0v) is 11.2. The standard InChI is InChI=1S/C11H11Cl2N3.ClH/c12-9-2-1-8(10(13)5-9)6-14-7-11-15-3-4-16-11;/h1-5,14H,6-7H2,(H,15,16);1H. The predicted molar refractivity (Wildman–Crippen MR) is 72.8 cm³/mol. The van der Waals surface area contributed by atoms with E-state index in [0.29, 0.717) is 23.1 Å². The lowest BCUT2D eigenvalue weighted by Gasteiger charge is -2.05. The average molecular weight is 293 g/mol. The summed E-state index contributed by atoms with van der Waals surface area (Å²) in [5, 5.41) is 4.58. The van der Waals surface area contributed by atoms with Crippen LogP contribution in [-0.4, -0.2) is 9.97 Å². The van der Waals surface area contributed by atoms with Crippen molar-refractivity contribution >= 4 is 35.6 Å². The van der Waals surface area contributed by atoms with E-state index in [0.717, 1.165) is 11.4 Å². The van der Waals surface area contributed by atoms with Gasteiger partial charge in [-0.15, -0.1) is 12.4 Å². The minimum absolute atomic E-state index is 0. The van der Waals surface area contributed by atoms with Gasteiger partial charge in [0.1, 0.15) is 5.82 Å². The van der Waals surface area contributed by atoms with Gasteiger partial charge in [-0.3, -0.25) is 0 Å². The lowest BCUT2D eigenvalue weighted by molar-refractivity contribution is 0.669. The number of halogens is 3. The number of nitrogens with zero attached hydrogens (tertiary/aromatic N) is 1. The Morgan fingerprint density at radius 2 is 2.06 bits per heavy atom. The van der Waals surface area contributed by atoms with Crippen LogP contribution in [-0.2, 0) is 13.1 Å². The second-order valence-electron chi connectivity index (χ2n) is 3.38. The molecule has 92 valence electrons. The summed E-state index contributed by atoms with van der Waals surface area (Å²) in [6.07, 6.45) is 3.53. The van der Waals surface area contributed by atoms with Crippen molar-refractivity contribution in [2.45, 2.75) is 13.1 Å². The quantitative estimate of drug-likeness (QED) is 0.906. The van der Waals surface area contributed by atoms with E-state index < -0.39 is 0 Å². The van der Waals surface area contributed by atoms with Crippen molar-refractivity contribution in [1.82, 2.24) is 15.3 Å². The maximum Gasteiger partial charge on any atom is 0.120 e. The van der Waals surface area contributed by atoms with E-state index >= 15 is 0 Å². The van der Waals surface area contributed by atoms with Crippen LogP contribution in [0.15, 0.2) is 30.6 Å². The van der Waals surface area contributed by atoms with Crippen LogP contribution in [0.2, 0.25) is 10.0 Å². The van der Waals surface area contributed by atoms with Gasteiger partial charge in [0.05, 0.1) is 6.54 Å². The third-order valence-corrected chi connectivity index (χ3v) is 2.76. The first-order valence-corrected chi connectivity index (χ1v) is 5.64. The van der Waals surface area contributed by atoms with Gasteiger partial charge in [-0.05, 0) is 17.7 Å². The summed E-state index contributed by atoms with van der Waals surface area (Å²) in [6.45, 7) is 1.38. The van der Waals surface area contributed by atoms with Crippen LogP contribution in [0.4, 0.5) is 0 Å². The Morgan fingerprint density at radius 3 is 2.71 bits per heavy atom. The molecular formula is C11H12Cl3N3. The van der Waals surface area contributed by atoms with E-state index in [1.165, 1.54) is 0 Å². The largest absolute Gasteiger partial charge is 0.348 e. The van der Waals surface area contributed by atoms with Gasteiger partial charge in [0, 0.05) is 29.0 Å². The first kappa shape index (κ1) is 14.3. The number of benzene rings is 1. The molecule has 0 atom stereocenters. The molecule has 6 heteroatoms. The first-order valence-electron chi connectivity index (χ1n) is 4.88. The number of rotatable bonds is 4. The normalized spacial score (nSPS) is 10.0. The maximum absolute atomic E-state index is 6.04.